The minimum absolute atomic E-state index is 0.227. The summed E-state index contributed by atoms with van der Waals surface area (Å²) >= 11 is 0. The Morgan fingerprint density at radius 2 is 1.39 bits per heavy atom. The summed E-state index contributed by atoms with van der Waals surface area (Å²) in [4.78, 5) is 59.2. The van der Waals surface area contributed by atoms with Gasteiger partial charge in [-0.1, -0.05) is 30.3 Å². The zero-order chi connectivity index (χ0) is 24.5. The van der Waals surface area contributed by atoms with Crippen LogP contribution in [0.2, 0.25) is 0 Å². The van der Waals surface area contributed by atoms with Gasteiger partial charge in [0.15, 0.2) is 18.0 Å². The van der Waals surface area contributed by atoms with Gasteiger partial charge in [0.1, 0.15) is 18.8 Å². The average Bonchev–Trinajstić information content (AvgIpc) is 2.73. The fourth-order valence-corrected chi connectivity index (χ4v) is 3.32. The van der Waals surface area contributed by atoms with E-state index in [0.717, 1.165) is 20.8 Å². The predicted octanol–water partition coefficient (Wildman–Crippen LogP) is 0.542. The van der Waals surface area contributed by atoms with Crippen LogP contribution in [0.3, 0.4) is 0 Å². The van der Waals surface area contributed by atoms with Crippen LogP contribution in [0.4, 0.5) is 0 Å². The molecule has 0 bridgehead atoms. The number of Topliss-reactive ketones (excluding diaryl/α,β-unsaturated/α-hetero) is 1. The van der Waals surface area contributed by atoms with E-state index < -0.39 is 54.5 Å². The number of hydrogen-bond acceptors (Lipinski definition) is 11. The van der Waals surface area contributed by atoms with Gasteiger partial charge in [-0.15, -0.1) is 0 Å². The summed E-state index contributed by atoms with van der Waals surface area (Å²) in [5, 5.41) is 2.89. The van der Waals surface area contributed by atoms with Crippen molar-refractivity contribution in [1.82, 2.24) is 5.32 Å². The number of esters is 4. The maximum absolute atomic E-state index is 12.6. The van der Waals surface area contributed by atoms with Gasteiger partial charge in [-0.3, -0.25) is 29.3 Å². The molecule has 0 saturated carbocycles. The molecule has 0 aromatic heterocycles. The van der Waals surface area contributed by atoms with Gasteiger partial charge in [0, 0.05) is 33.3 Å². The minimum Gasteiger partial charge on any atom is -0.463 e. The Bertz CT molecular complexity index is 871. The van der Waals surface area contributed by atoms with Crippen molar-refractivity contribution in [3.05, 3.63) is 35.9 Å². The summed E-state index contributed by atoms with van der Waals surface area (Å²) in [5.74, 6) is -3.04. The fourth-order valence-electron chi connectivity index (χ4n) is 3.32. The second kappa shape index (κ2) is 12.1. The van der Waals surface area contributed by atoms with E-state index in [1.54, 1.807) is 30.3 Å². The Labute approximate surface area is 190 Å². The van der Waals surface area contributed by atoms with E-state index in [2.05, 4.69) is 5.32 Å². The molecule has 33 heavy (non-hydrogen) atoms. The van der Waals surface area contributed by atoms with Crippen molar-refractivity contribution < 1.29 is 47.7 Å². The SMILES string of the molecule is CC(=O)OCC1OC(OC(C)=O)C(NCC(=O)c2ccccc2)C(OC(C)=O)[C@@H]1OC(C)=O. The van der Waals surface area contributed by atoms with Gasteiger partial charge >= 0.3 is 23.9 Å². The lowest BCUT2D eigenvalue weighted by molar-refractivity contribution is -0.271. The summed E-state index contributed by atoms with van der Waals surface area (Å²) in [6.45, 7) is 4.03. The van der Waals surface area contributed by atoms with Crippen molar-refractivity contribution in [3.63, 3.8) is 0 Å². The van der Waals surface area contributed by atoms with Crippen LogP contribution in [-0.4, -0.2) is 73.5 Å². The molecule has 1 aliphatic heterocycles. The molecule has 4 unspecified atom stereocenters. The molecule has 0 amide bonds. The second-order valence-electron chi connectivity index (χ2n) is 7.30. The number of ether oxygens (including phenoxy) is 5. The van der Waals surface area contributed by atoms with E-state index in [1.165, 1.54) is 6.92 Å². The number of ketones is 1. The molecule has 1 saturated heterocycles. The zero-order valence-corrected chi connectivity index (χ0v) is 18.8. The van der Waals surface area contributed by atoms with E-state index >= 15 is 0 Å². The number of nitrogens with one attached hydrogen (secondary N) is 1. The first-order chi connectivity index (χ1) is 15.6. The molecule has 2 rings (SSSR count). The molecule has 1 aliphatic rings. The van der Waals surface area contributed by atoms with E-state index in [9.17, 15) is 24.0 Å². The molecule has 0 aliphatic carbocycles. The lowest BCUT2D eigenvalue weighted by Gasteiger charge is -2.44. The van der Waals surface area contributed by atoms with Crippen LogP contribution in [0.15, 0.2) is 30.3 Å². The summed E-state index contributed by atoms with van der Waals surface area (Å²) < 4.78 is 26.7. The van der Waals surface area contributed by atoms with Crippen molar-refractivity contribution in [2.24, 2.45) is 0 Å². The number of rotatable bonds is 9. The minimum atomic E-state index is -1.34. The molecule has 5 atom stereocenters. The van der Waals surface area contributed by atoms with E-state index in [-0.39, 0.29) is 18.9 Å². The smallest absolute Gasteiger partial charge is 0.304 e. The first-order valence-corrected chi connectivity index (χ1v) is 10.2. The first-order valence-electron chi connectivity index (χ1n) is 10.2. The first kappa shape index (κ1) is 25.9. The van der Waals surface area contributed by atoms with Gasteiger partial charge in [-0.25, -0.2) is 0 Å². The topological polar surface area (TPSA) is 144 Å². The van der Waals surface area contributed by atoms with Gasteiger partial charge in [0.05, 0.1) is 6.54 Å². The molecule has 1 aromatic carbocycles. The quantitative estimate of drug-likeness (QED) is 0.310. The lowest BCUT2D eigenvalue weighted by Crippen LogP contribution is -2.66. The van der Waals surface area contributed by atoms with Crippen LogP contribution in [0.1, 0.15) is 38.1 Å². The van der Waals surface area contributed by atoms with E-state index in [4.69, 9.17) is 23.7 Å². The molecular weight excluding hydrogens is 438 g/mol. The second-order valence-corrected chi connectivity index (χ2v) is 7.30. The van der Waals surface area contributed by atoms with E-state index in [1.807, 2.05) is 0 Å². The maximum Gasteiger partial charge on any atom is 0.304 e. The van der Waals surface area contributed by atoms with Crippen molar-refractivity contribution in [1.29, 1.82) is 0 Å². The number of benzene rings is 1. The molecule has 0 radical (unpaired) electrons. The normalized spacial score (nSPS) is 24.3. The Balaban J connectivity index is 2.35. The Hall–Kier alpha value is -3.31. The van der Waals surface area contributed by atoms with Crippen LogP contribution in [0.25, 0.3) is 0 Å². The van der Waals surface area contributed by atoms with E-state index in [0.29, 0.717) is 5.56 Å². The van der Waals surface area contributed by atoms with Crippen molar-refractivity contribution in [2.75, 3.05) is 13.2 Å². The van der Waals surface area contributed by atoms with Gasteiger partial charge in [0.25, 0.3) is 0 Å². The Morgan fingerprint density at radius 3 is 1.94 bits per heavy atom. The maximum atomic E-state index is 12.6. The summed E-state index contributed by atoms with van der Waals surface area (Å²) in [5.41, 5.74) is 0.430. The molecular formula is C22H27NO10. The van der Waals surface area contributed by atoms with Crippen molar-refractivity contribution in [2.45, 2.75) is 58.3 Å². The van der Waals surface area contributed by atoms with Gasteiger partial charge in [-0.05, 0) is 0 Å². The highest BCUT2D eigenvalue weighted by Gasteiger charge is 2.51. The molecule has 1 aromatic rings. The highest BCUT2D eigenvalue weighted by molar-refractivity contribution is 5.97. The Morgan fingerprint density at radius 1 is 0.818 bits per heavy atom. The summed E-state index contributed by atoms with van der Waals surface area (Å²) in [6, 6.07) is 7.35. The molecule has 180 valence electrons. The number of carbonyl (C=O) groups excluding carboxylic acids is 5. The van der Waals surface area contributed by atoms with Gasteiger partial charge < -0.3 is 23.7 Å². The largest absolute Gasteiger partial charge is 0.463 e. The van der Waals surface area contributed by atoms with Crippen LogP contribution < -0.4 is 5.32 Å². The highest BCUT2D eigenvalue weighted by atomic mass is 16.7. The van der Waals surface area contributed by atoms with Crippen LogP contribution in [0.5, 0.6) is 0 Å². The van der Waals surface area contributed by atoms with Crippen molar-refractivity contribution in [3.8, 4) is 0 Å². The van der Waals surface area contributed by atoms with Crippen LogP contribution in [-0.2, 0) is 42.9 Å². The molecule has 11 nitrogen and oxygen atoms in total. The number of carbonyl (C=O) groups is 5. The molecule has 1 N–H and O–H groups in total. The molecule has 11 heteroatoms. The Kier molecular flexibility index (Phi) is 9.49. The molecule has 1 heterocycles. The standard InChI is InChI=1S/C22H27NO10/c1-12(24)29-11-18-20(30-13(2)25)21(31-14(3)26)19(22(33-18)32-15(4)27)23-10-17(28)16-8-6-5-7-9-16/h5-9,18-23H,10-11H2,1-4H3/t18?,19?,20-,21?,22?/m1/s1. The van der Waals surface area contributed by atoms with Crippen LogP contribution in [0, 0.1) is 0 Å². The van der Waals surface area contributed by atoms with Crippen LogP contribution >= 0.6 is 0 Å². The summed E-state index contributed by atoms with van der Waals surface area (Å²) in [7, 11) is 0. The van der Waals surface area contributed by atoms with Crippen molar-refractivity contribution >= 4 is 29.7 Å². The fraction of sp³-hybridized carbons (Fsp3) is 0.500. The number of hydrogen-bond donors (Lipinski definition) is 1. The average molecular weight is 465 g/mol. The van der Waals surface area contributed by atoms with Gasteiger partial charge in [0.2, 0.25) is 6.29 Å². The third-order valence-corrected chi connectivity index (χ3v) is 4.58. The third-order valence-electron chi connectivity index (χ3n) is 4.58. The summed E-state index contributed by atoms with van der Waals surface area (Å²) in [6.07, 6.45) is -4.91. The highest BCUT2D eigenvalue weighted by Crippen LogP contribution is 2.28. The monoisotopic (exact) mass is 465 g/mol. The third kappa shape index (κ3) is 7.95. The zero-order valence-electron chi connectivity index (χ0n) is 18.8. The molecule has 1 fully saturated rings. The lowest BCUT2D eigenvalue weighted by atomic mass is 9.95. The molecule has 0 spiro atoms. The van der Waals surface area contributed by atoms with Gasteiger partial charge in [-0.2, -0.15) is 0 Å². The predicted molar refractivity (Wildman–Crippen MR) is 111 cm³/mol.